The zero-order valence-electron chi connectivity index (χ0n) is 10.8. The predicted octanol–water partition coefficient (Wildman–Crippen LogP) is 2.27. The Morgan fingerprint density at radius 2 is 1.90 bits per heavy atom. The van der Waals surface area contributed by atoms with Crippen LogP contribution in [0.5, 0.6) is 0 Å². The molecule has 21 heavy (non-hydrogen) atoms. The van der Waals surface area contributed by atoms with E-state index in [9.17, 15) is 9.59 Å². The zero-order valence-corrected chi connectivity index (χ0v) is 13.2. The molecular formula is C14H12BrN3O2S. The molecule has 0 unspecified atom stereocenters. The molecule has 5 nitrogen and oxygen atoms in total. The van der Waals surface area contributed by atoms with Crippen LogP contribution in [0.1, 0.15) is 15.2 Å². The maximum absolute atomic E-state index is 12.0. The van der Waals surface area contributed by atoms with E-state index < -0.39 is 5.91 Å². The van der Waals surface area contributed by atoms with E-state index in [0.29, 0.717) is 4.88 Å². The van der Waals surface area contributed by atoms with Crippen LogP contribution in [0.4, 0.5) is 0 Å². The number of carbonyl (C=O) groups is 2. The third-order valence-electron chi connectivity index (χ3n) is 2.55. The van der Waals surface area contributed by atoms with Crippen molar-refractivity contribution < 1.29 is 9.59 Å². The third-order valence-corrected chi connectivity index (χ3v) is 3.95. The van der Waals surface area contributed by atoms with Gasteiger partial charge in [0.15, 0.2) is 0 Å². The largest absolute Gasteiger partial charge is 0.317 e. The molecule has 0 aliphatic rings. The van der Waals surface area contributed by atoms with Gasteiger partial charge in [-0.25, -0.2) is 5.84 Å². The summed E-state index contributed by atoms with van der Waals surface area (Å²) in [5, 5.41) is 4.35. The maximum Gasteiger partial charge on any atom is 0.281 e. The summed E-state index contributed by atoms with van der Waals surface area (Å²) in [6.07, 6.45) is 1.56. The number of carbonyl (C=O) groups excluding carboxylic acids is 2. The fourth-order valence-electron chi connectivity index (χ4n) is 1.55. The number of nitrogens with two attached hydrogens (primary N) is 1. The van der Waals surface area contributed by atoms with Crippen molar-refractivity contribution in [3.63, 3.8) is 0 Å². The molecule has 0 atom stereocenters. The van der Waals surface area contributed by atoms with Crippen molar-refractivity contribution in [3.8, 4) is 0 Å². The van der Waals surface area contributed by atoms with Gasteiger partial charge in [-0.3, -0.25) is 15.0 Å². The van der Waals surface area contributed by atoms with E-state index in [1.54, 1.807) is 23.6 Å². The van der Waals surface area contributed by atoms with Gasteiger partial charge in [-0.2, -0.15) is 0 Å². The summed E-state index contributed by atoms with van der Waals surface area (Å²) in [4.78, 5) is 24.3. The first kappa shape index (κ1) is 15.4. The average Bonchev–Trinajstić information content (AvgIpc) is 3.02. The highest BCUT2D eigenvalue weighted by Crippen LogP contribution is 2.14. The van der Waals surface area contributed by atoms with Gasteiger partial charge < -0.3 is 5.32 Å². The van der Waals surface area contributed by atoms with Crippen LogP contribution in [0, 0.1) is 0 Å². The maximum atomic E-state index is 12.0. The molecule has 0 saturated heterocycles. The van der Waals surface area contributed by atoms with Crippen LogP contribution in [0.15, 0.2) is 51.9 Å². The molecule has 108 valence electrons. The second-order valence-corrected chi connectivity index (χ2v) is 5.88. The van der Waals surface area contributed by atoms with Crippen LogP contribution in [0.2, 0.25) is 0 Å². The van der Waals surface area contributed by atoms with Gasteiger partial charge in [0, 0.05) is 4.47 Å². The first-order valence-electron chi connectivity index (χ1n) is 5.93. The van der Waals surface area contributed by atoms with Crippen molar-refractivity contribution in [2.24, 2.45) is 5.84 Å². The molecule has 7 heteroatoms. The number of amides is 2. The molecule has 0 radical (unpaired) electrons. The molecule has 0 fully saturated rings. The van der Waals surface area contributed by atoms with E-state index in [2.05, 4.69) is 21.2 Å². The Balaban J connectivity index is 2.24. The number of nitrogens with one attached hydrogen (secondary N) is 2. The lowest BCUT2D eigenvalue weighted by molar-refractivity contribution is -0.117. The van der Waals surface area contributed by atoms with Gasteiger partial charge in [0.2, 0.25) is 0 Å². The summed E-state index contributed by atoms with van der Waals surface area (Å²) in [5.41, 5.74) is 2.87. The number of benzene rings is 1. The minimum atomic E-state index is -0.567. The minimum Gasteiger partial charge on any atom is -0.317 e. The normalized spacial score (nSPS) is 11.0. The van der Waals surface area contributed by atoms with Crippen LogP contribution in [-0.4, -0.2) is 11.8 Å². The molecule has 2 amide bonds. The van der Waals surface area contributed by atoms with Crippen LogP contribution >= 0.6 is 27.3 Å². The molecule has 1 aromatic heterocycles. The quantitative estimate of drug-likeness (QED) is 0.336. The topological polar surface area (TPSA) is 84.2 Å². The molecule has 0 saturated carbocycles. The highest BCUT2D eigenvalue weighted by Gasteiger charge is 2.14. The molecule has 1 heterocycles. The second kappa shape index (κ2) is 7.16. The smallest absolute Gasteiger partial charge is 0.281 e. The van der Waals surface area contributed by atoms with Gasteiger partial charge in [-0.05, 0) is 35.2 Å². The predicted molar refractivity (Wildman–Crippen MR) is 86.2 cm³/mol. The van der Waals surface area contributed by atoms with Crippen LogP contribution in [0.3, 0.4) is 0 Å². The number of hydrogen-bond acceptors (Lipinski definition) is 4. The molecule has 0 aliphatic carbocycles. The second-order valence-electron chi connectivity index (χ2n) is 4.01. The summed E-state index contributed by atoms with van der Waals surface area (Å²) >= 11 is 4.62. The van der Waals surface area contributed by atoms with Gasteiger partial charge in [0.25, 0.3) is 11.8 Å². The number of halogens is 1. The van der Waals surface area contributed by atoms with Crippen LogP contribution < -0.4 is 16.6 Å². The van der Waals surface area contributed by atoms with E-state index in [0.717, 1.165) is 10.0 Å². The van der Waals surface area contributed by atoms with Crippen molar-refractivity contribution in [2.75, 3.05) is 0 Å². The molecule has 1 aromatic carbocycles. The van der Waals surface area contributed by atoms with E-state index >= 15 is 0 Å². The van der Waals surface area contributed by atoms with Crippen molar-refractivity contribution in [1.29, 1.82) is 0 Å². The van der Waals surface area contributed by atoms with Crippen molar-refractivity contribution >= 4 is 45.2 Å². The molecule has 0 bridgehead atoms. The van der Waals surface area contributed by atoms with Gasteiger partial charge >= 0.3 is 0 Å². The summed E-state index contributed by atoms with van der Waals surface area (Å²) in [7, 11) is 0. The van der Waals surface area contributed by atoms with Gasteiger partial charge in [-0.15, -0.1) is 11.3 Å². The molecule has 0 spiro atoms. The van der Waals surface area contributed by atoms with Crippen molar-refractivity contribution in [2.45, 2.75) is 0 Å². The lowest BCUT2D eigenvalue weighted by Gasteiger charge is -2.08. The van der Waals surface area contributed by atoms with Crippen molar-refractivity contribution in [1.82, 2.24) is 10.7 Å². The highest BCUT2D eigenvalue weighted by molar-refractivity contribution is 9.10. The van der Waals surface area contributed by atoms with Gasteiger partial charge in [-0.1, -0.05) is 34.1 Å². The number of rotatable bonds is 4. The Bertz CT molecular complexity index is 666. The monoisotopic (exact) mass is 365 g/mol. The molecule has 0 aliphatic heterocycles. The molecular weight excluding hydrogens is 354 g/mol. The van der Waals surface area contributed by atoms with Crippen LogP contribution in [-0.2, 0) is 4.79 Å². The van der Waals surface area contributed by atoms with E-state index in [1.165, 1.54) is 11.3 Å². The number of hydrogen-bond donors (Lipinski definition) is 3. The SMILES string of the molecule is NNC(=O)/C(=C\c1ccc(Br)cc1)NC(=O)c1cccs1. The fraction of sp³-hybridized carbons (Fsp3) is 0. The fourth-order valence-corrected chi connectivity index (χ4v) is 2.44. The first-order valence-corrected chi connectivity index (χ1v) is 7.60. The third kappa shape index (κ3) is 4.25. The Hall–Kier alpha value is -1.96. The summed E-state index contributed by atoms with van der Waals surface area (Å²) in [5.74, 6) is 4.23. The standard InChI is InChI=1S/C14H12BrN3O2S/c15-10-5-3-9(4-6-10)8-11(13(19)18-16)17-14(20)12-2-1-7-21-12/h1-8H,16H2,(H,17,20)(H,18,19)/b11-8+. The Morgan fingerprint density at radius 1 is 1.19 bits per heavy atom. The van der Waals surface area contributed by atoms with Crippen LogP contribution in [0.25, 0.3) is 6.08 Å². The Labute approximate surface area is 133 Å². The lowest BCUT2D eigenvalue weighted by Crippen LogP contribution is -2.38. The van der Waals surface area contributed by atoms with Crippen molar-refractivity contribution in [3.05, 3.63) is 62.4 Å². The highest BCUT2D eigenvalue weighted by atomic mass is 79.9. The average molecular weight is 366 g/mol. The van der Waals surface area contributed by atoms with Gasteiger partial charge in [0.1, 0.15) is 5.70 Å². The Morgan fingerprint density at radius 3 is 2.48 bits per heavy atom. The van der Waals surface area contributed by atoms with E-state index in [-0.39, 0.29) is 11.6 Å². The first-order chi connectivity index (χ1) is 10.1. The minimum absolute atomic E-state index is 0.0817. The van der Waals surface area contributed by atoms with Gasteiger partial charge in [0.05, 0.1) is 4.88 Å². The Kier molecular flexibility index (Phi) is 5.26. The lowest BCUT2D eigenvalue weighted by atomic mass is 10.2. The summed E-state index contributed by atoms with van der Waals surface area (Å²) in [6.45, 7) is 0. The molecule has 2 aromatic rings. The zero-order chi connectivity index (χ0) is 15.2. The van der Waals surface area contributed by atoms with E-state index in [4.69, 9.17) is 5.84 Å². The van der Waals surface area contributed by atoms with E-state index in [1.807, 2.05) is 29.7 Å². The molecule has 2 rings (SSSR count). The summed E-state index contributed by atoms with van der Waals surface area (Å²) in [6, 6.07) is 10.7. The molecule has 4 N–H and O–H groups in total. The summed E-state index contributed by atoms with van der Waals surface area (Å²) < 4.78 is 0.923. The number of hydrazine groups is 1. The number of thiophene rings is 1.